The van der Waals surface area contributed by atoms with E-state index in [1.807, 2.05) is 12.1 Å². The molecule has 1 unspecified atom stereocenters. The van der Waals surface area contributed by atoms with E-state index in [1.54, 1.807) is 26.0 Å². The number of rotatable bonds is 5. The number of hydrogen-bond donors (Lipinski definition) is 3. The summed E-state index contributed by atoms with van der Waals surface area (Å²) >= 11 is 0. The molecule has 0 saturated heterocycles. The standard InChI is InChI=1S/C14H20N2O3/c1-4-10-5-7-11(8-6-10)15-14(19)16-12(9(2)3)13(17)18/h5-9,12H,4H2,1-3H3,(H,17,18)(H2,15,16,19). The molecule has 0 heterocycles. The minimum atomic E-state index is -1.04. The van der Waals surface area contributed by atoms with Gasteiger partial charge in [0.15, 0.2) is 0 Å². The average Bonchev–Trinajstić information content (AvgIpc) is 2.36. The molecule has 0 aliphatic rings. The Morgan fingerprint density at radius 3 is 2.21 bits per heavy atom. The van der Waals surface area contributed by atoms with Gasteiger partial charge in [0.25, 0.3) is 0 Å². The summed E-state index contributed by atoms with van der Waals surface area (Å²) in [5.74, 6) is -1.21. The first-order chi connectivity index (χ1) is 8.93. The zero-order valence-electron chi connectivity index (χ0n) is 11.4. The number of anilines is 1. The molecule has 0 bridgehead atoms. The molecule has 104 valence electrons. The van der Waals surface area contributed by atoms with Gasteiger partial charge >= 0.3 is 12.0 Å². The van der Waals surface area contributed by atoms with Crippen LogP contribution in [0.5, 0.6) is 0 Å². The number of benzene rings is 1. The van der Waals surface area contributed by atoms with Gasteiger partial charge in [0.2, 0.25) is 0 Å². The highest BCUT2D eigenvalue weighted by Crippen LogP contribution is 2.10. The zero-order chi connectivity index (χ0) is 14.4. The second-order valence-corrected chi connectivity index (χ2v) is 4.71. The van der Waals surface area contributed by atoms with E-state index >= 15 is 0 Å². The molecule has 0 aliphatic carbocycles. The molecular weight excluding hydrogens is 244 g/mol. The Kier molecular flexibility index (Phi) is 5.36. The molecule has 2 amide bonds. The van der Waals surface area contributed by atoms with E-state index in [2.05, 4.69) is 17.6 Å². The van der Waals surface area contributed by atoms with E-state index < -0.39 is 18.0 Å². The quantitative estimate of drug-likeness (QED) is 0.764. The third-order valence-corrected chi connectivity index (χ3v) is 2.84. The molecule has 1 rings (SSSR count). The number of aliphatic carboxylic acids is 1. The highest BCUT2D eigenvalue weighted by atomic mass is 16.4. The summed E-state index contributed by atoms with van der Waals surface area (Å²) in [6, 6.07) is 6.03. The van der Waals surface area contributed by atoms with Gasteiger partial charge in [0, 0.05) is 5.69 Å². The number of carbonyl (C=O) groups is 2. The van der Waals surface area contributed by atoms with Crippen molar-refractivity contribution >= 4 is 17.7 Å². The van der Waals surface area contributed by atoms with Crippen LogP contribution in [0.1, 0.15) is 26.3 Å². The molecule has 5 nitrogen and oxygen atoms in total. The Balaban J connectivity index is 2.61. The largest absolute Gasteiger partial charge is 0.480 e. The Bertz CT molecular complexity index is 441. The van der Waals surface area contributed by atoms with Gasteiger partial charge in [-0.3, -0.25) is 0 Å². The summed E-state index contributed by atoms with van der Waals surface area (Å²) in [6.45, 7) is 5.54. The minimum absolute atomic E-state index is 0.175. The number of amides is 2. The molecule has 0 fully saturated rings. The van der Waals surface area contributed by atoms with Crippen molar-refractivity contribution in [3.05, 3.63) is 29.8 Å². The maximum Gasteiger partial charge on any atom is 0.326 e. The topological polar surface area (TPSA) is 78.4 Å². The fourth-order valence-electron chi connectivity index (χ4n) is 1.65. The Labute approximate surface area is 113 Å². The van der Waals surface area contributed by atoms with E-state index in [4.69, 9.17) is 5.11 Å². The molecule has 0 spiro atoms. The molecule has 19 heavy (non-hydrogen) atoms. The molecule has 0 aromatic heterocycles. The molecule has 0 aliphatic heterocycles. The van der Waals surface area contributed by atoms with E-state index in [0.717, 1.165) is 6.42 Å². The van der Waals surface area contributed by atoms with Crippen LogP contribution in [0, 0.1) is 5.92 Å². The van der Waals surface area contributed by atoms with Crippen LogP contribution >= 0.6 is 0 Å². The van der Waals surface area contributed by atoms with Gasteiger partial charge in [-0.15, -0.1) is 0 Å². The van der Waals surface area contributed by atoms with Crippen LogP contribution in [0.25, 0.3) is 0 Å². The summed E-state index contributed by atoms with van der Waals surface area (Å²) in [7, 11) is 0. The Hall–Kier alpha value is -2.04. The summed E-state index contributed by atoms with van der Waals surface area (Å²) in [5.41, 5.74) is 1.82. The number of carboxylic acid groups (broad SMARTS) is 1. The third-order valence-electron chi connectivity index (χ3n) is 2.84. The highest BCUT2D eigenvalue weighted by Gasteiger charge is 2.23. The van der Waals surface area contributed by atoms with E-state index in [0.29, 0.717) is 5.69 Å². The van der Waals surface area contributed by atoms with Crippen molar-refractivity contribution in [2.45, 2.75) is 33.2 Å². The van der Waals surface area contributed by atoms with Crippen LogP contribution in [0.15, 0.2) is 24.3 Å². The van der Waals surface area contributed by atoms with E-state index in [9.17, 15) is 9.59 Å². The van der Waals surface area contributed by atoms with E-state index in [1.165, 1.54) is 5.56 Å². The maximum atomic E-state index is 11.7. The summed E-state index contributed by atoms with van der Waals surface area (Å²) < 4.78 is 0. The number of urea groups is 1. The van der Waals surface area contributed by atoms with Crippen molar-refractivity contribution in [3.8, 4) is 0 Å². The van der Waals surface area contributed by atoms with Crippen molar-refractivity contribution in [1.82, 2.24) is 5.32 Å². The van der Waals surface area contributed by atoms with Gasteiger partial charge in [-0.1, -0.05) is 32.9 Å². The predicted octanol–water partition coefficient (Wildman–Crippen LogP) is 2.48. The lowest BCUT2D eigenvalue weighted by Crippen LogP contribution is -2.46. The van der Waals surface area contributed by atoms with Gasteiger partial charge in [-0.05, 0) is 30.0 Å². The van der Waals surface area contributed by atoms with Crippen LogP contribution < -0.4 is 10.6 Å². The zero-order valence-corrected chi connectivity index (χ0v) is 11.4. The molecule has 1 atom stereocenters. The molecule has 5 heteroatoms. The molecule has 0 radical (unpaired) electrons. The Morgan fingerprint density at radius 2 is 1.79 bits per heavy atom. The molecule has 1 aromatic carbocycles. The number of hydrogen-bond acceptors (Lipinski definition) is 2. The third kappa shape index (κ3) is 4.62. The first-order valence-electron chi connectivity index (χ1n) is 6.33. The SMILES string of the molecule is CCc1ccc(NC(=O)NC(C(=O)O)C(C)C)cc1. The van der Waals surface area contributed by atoms with Gasteiger partial charge in [-0.2, -0.15) is 0 Å². The number of aryl methyl sites for hydroxylation is 1. The number of carbonyl (C=O) groups excluding carboxylic acids is 1. The summed E-state index contributed by atoms with van der Waals surface area (Å²) in [6.07, 6.45) is 0.931. The fraction of sp³-hybridized carbons (Fsp3) is 0.429. The van der Waals surface area contributed by atoms with Crippen LogP contribution in [-0.4, -0.2) is 23.1 Å². The van der Waals surface area contributed by atoms with Crippen molar-refractivity contribution in [2.75, 3.05) is 5.32 Å². The summed E-state index contributed by atoms with van der Waals surface area (Å²) in [4.78, 5) is 22.7. The smallest absolute Gasteiger partial charge is 0.326 e. The Morgan fingerprint density at radius 1 is 1.21 bits per heavy atom. The first-order valence-corrected chi connectivity index (χ1v) is 6.33. The maximum absolute atomic E-state index is 11.7. The second-order valence-electron chi connectivity index (χ2n) is 4.71. The van der Waals surface area contributed by atoms with Crippen LogP contribution in [0.3, 0.4) is 0 Å². The molecular formula is C14H20N2O3. The fourth-order valence-corrected chi connectivity index (χ4v) is 1.65. The minimum Gasteiger partial charge on any atom is -0.480 e. The van der Waals surface area contributed by atoms with Crippen molar-refractivity contribution in [1.29, 1.82) is 0 Å². The molecule has 1 aromatic rings. The predicted molar refractivity (Wildman–Crippen MR) is 74.2 cm³/mol. The van der Waals surface area contributed by atoms with Gasteiger partial charge < -0.3 is 15.7 Å². The van der Waals surface area contributed by atoms with E-state index in [-0.39, 0.29) is 5.92 Å². The van der Waals surface area contributed by atoms with Crippen molar-refractivity contribution < 1.29 is 14.7 Å². The van der Waals surface area contributed by atoms with Crippen LogP contribution in [0.2, 0.25) is 0 Å². The summed E-state index contributed by atoms with van der Waals surface area (Å²) in [5, 5.41) is 14.0. The van der Waals surface area contributed by atoms with Gasteiger partial charge in [-0.25, -0.2) is 9.59 Å². The lowest BCUT2D eigenvalue weighted by molar-refractivity contribution is -0.140. The van der Waals surface area contributed by atoms with Crippen molar-refractivity contribution in [3.63, 3.8) is 0 Å². The van der Waals surface area contributed by atoms with Gasteiger partial charge in [0.05, 0.1) is 0 Å². The average molecular weight is 264 g/mol. The molecule has 0 saturated carbocycles. The second kappa shape index (κ2) is 6.78. The normalized spacial score (nSPS) is 12.0. The number of carboxylic acids is 1. The van der Waals surface area contributed by atoms with Crippen molar-refractivity contribution in [2.24, 2.45) is 5.92 Å². The van der Waals surface area contributed by atoms with Crippen LogP contribution in [-0.2, 0) is 11.2 Å². The van der Waals surface area contributed by atoms with Crippen LogP contribution in [0.4, 0.5) is 10.5 Å². The lowest BCUT2D eigenvalue weighted by Gasteiger charge is -2.18. The molecule has 3 N–H and O–H groups in total. The highest BCUT2D eigenvalue weighted by molar-refractivity contribution is 5.92. The lowest BCUT2D eigenvalue weighted by atomic mass is 10.1. The van der Waals surface area contributed by atoms with Gasteiger partial charge in [0.1, 0.15) is 6.04 Å². The number of nitrogens with one attached hydrogen (secondary N) is 2. The first kappa shape index (κ1) is 15.0. The monoisotopic (exact) mass is 264 g/mol.